The van der Waals surface area contributed by atoms with Crippen molar-refractivity contribution in [3.8, 4) is 0 Å². The van der Waals surface area contributed by atoms with E-state index in [2.05, 4.69) is 36.5 Å². The van der Waals surface area contributed by atoms with Gasteiger partial charge in [0.15, 0.2) is 0 Å². The fourth-order valence-corrected chi connectivity index (χ4v) is 3.57. The second kappa shape index (κ2) is 7.35. The standard InChI is InChI=1S/C19H28N2O2/c1-3-17-13-21(12-14(2)23-17)19(22)20-18(16-10-7-11-16)15-8-5-4-6-9-15/h4-6,8-9,14,16-18H,3,7,10-13H2,1-2H3,(H,20,22)/t14-,17-,18-/m1/s1. The Morgan fingerprint density at radius 1 is 1.30 bits per heavy atom. The summed E-state index contributed by atoms with van der Waals surface area (Å²) < 4.78 is 5.86. The van der Waals surface area contributed by atoms with Gasteiger partial charge >= 0.3 is 6.03 Å². The maximum absolute atomic E-state index is 12.8. The fourth-order valence-electron chi connectivity index (χ4n) is 3.57. The molecule has 1 aromatic carbocycles. The van der Waals surface area contributed by atoms with Gasteiger partial charge in [0.2, 0.25) is 0 Å². The topological polar surface area (TPSA) is 41.6 Å². The zero-order valence-corrected chi connectivity index (χ0v) is 14.2. The predicted molar refractivity (Wildman–Crippen MR) is 91.3 cm³/mol. The third kappa shape index (κ3) is 3.86. The molecule has 4 heteroatoms. The molecule has 0 radical (unpaired) electrons. The zero-order chi connectivity index (χ0) is 16.2. The molecule has 1 aliphatic carbocycles. The first kappa shape index (κ1) is 16.3. The highest BCUT2D eigenvalue weighted by Crippen LogP contribution is 2.37. The molecule has 4 nitrogen and oxygen atoms in total. The largest absolute Gasteiger partial charge is 0.372 e. The minimum atomic E-state index is 0.0550. The van der Waals surface area contributed by atoms with Crippen molar-refractivity contribution >= 4 is 6.03 Å². The van der Waals surface area contributed by atoms with E-state index in [0.29, 0.717) is 19.0 Å². The van der Waals surface area contributed by atoms with Crippen molar-refractivity contribution in [1.29, 1.82) is 0 Å². The first-order valence-electron chi connectivity index (χ1n) is 8.93. The number of hydrogen-bond acceptors (Lipinski definition) is 2. The van der Waals surface area contributed by atoms with Crippen LogP contribution in [0.15, 0.2) is 30.3 Å². The van der Waals surface area contributed by atoms with Crippen LogP contribution in [0.1, 0.15) is 51.1 Å². The van der Waals surface area contributed by atoms with E-state index >= 15 is 0 Å². The number of ether oxygens (including phenoxy) is 1. The number of carbonyl (C=O) groups excluding carboxylic acids is 1. The second-order valence-electron chi connectivity index (χ2n) is 6.91. The van der Waals surface area contributed by atoms with Gasteiger partial charge in [0.05, 0.1) is 18.2 Å². The second-order valence-corrected chi connectivity index (χ2v) is 6.91. The molecular formula is C19H28N2O2. The summed E-state index contributed by atoms with van der Waals surface area (Å²) in [5.41, 5.74) is 1.22. The molecule has 1 saturated heterocycles. The van der Waals surface area contributed by atoms with Crippen molar-refractivity contribution in [2.24, 2.45) is 5.92 Å². The lowest BCUT2D eigenvalue weighted by molar-refractivity contribution is -0.0651. The quantitative estimate of drug-likeness (QED) is 0.919. The maximum atomic E-state index is 12.8. The molecule has 3 atom stereocenters. The van der Waals surface area contributed by atoms with Crippen molar-refractivity contribution in [3.05, 3.63) is 35.9 Å². The van der Waals surface area contributed by atoms with Crippen LogP contribution in [0.25, 0.3) is 0 Å². The van der Waals surface area contributed by atoms with Crippen LogP contribution in [-0.4, -0.2) is 36.2 Å². The number of nitrogens with zero attached hydrogens (tertiary/aromatic N) is 1. The Morgan fingerprint density at radius 2 is 2.04 bits per heavy atom. The van der Waals surface area contributed by atoms with Gasteiger partial charge in [-0.2, -0.15) is 0 Å². The first-order chi connectivity index (χ1) is 11.2. The van der Waals surface area contributed by atoms with E-state index in [-0.39, 0.29) is 24.3 Å². The van der Waals surface area contributed by atoms with Gasteiger partial charge in [-0.05, 0) is 37.7 Å². The Balaban J connectivity index is 1.68. The Labute approximate surface area is 139 Å². The number of urea groups is 1. The first-order valence-corrected chi connectivity index (χ1v) is 8.93. The number of carbonyl (C=O) groups is 1. The molecule has 1 aliphatic heterocycles. The highest BCUT2D eigenvalue weighted by molar-refractivity contribution is 5.75. The molecule has 0 aromatic heterocycles. The van der Waals surface area contributed by atoms with Crippen LogP contribution < -0.4 is 5.32 Å². The number of benzene rings is 1. The molecule has 3 rings (SSSR count). The molecule has 1 aromatic rings. The van der Waals surface area contributed by atoms with E-state index < -0.39 is 0 Å². The van der Waals surface area contributed by atoms with Gasteiger partial charge in [-0.25, -0.2) is 4.79 Å². The van der Waals surface area contributed by atoms with E-state index in [4.69, 9.17) is 4.74 Å². The van der Waals surface area contributed by atoms with Gasteiger partial charge in [0.25, 0.3) is 0 Å². The smallest absolute Gasteiger partial charge is 0.318 e. The molecule has 0 bridgehead atoms. The summed E-state index contributed by atoms with van der Waals surface area (Å²) in [6.45, 7) is 5.52. The lowest BCUT2D eigenvalue weighted by Gasteiger charge is -2.39. The van der Waals surface area contributed by atoms with Crippen LogP contribution >= 0.6 is 0 Å². The Kier molecular flexibility index (Phi) is 5.21. The highest BCUT2D eigenvalue weighted by Gasteiger charge is 2.33. The summed E-state index contributed by atoms with van der Waals surface area (Å²) in [4.78, 5) is 14.7. The Bertz CT molecular complexity index is 515. The SMILES string of the molecule is CC[C@@H]1CN(C(=O)N[C@H](c2ccccc2)C2CCC2)C[C@@H](C)O1. The summed E-state index contributed by atoms with van der Waals surface area (Å²) >= 11 is 0. The van der Waals surface area contributed by atoms with Gasteiger partial charge in [0, 0.05) is 13.1 Å². The monoisotopic (exact) mass is 316 g/mol. The molecule has 2 fully saturated rings. The normalized spacial score (nSPS) is 26.4. The van der Waals surface area contributed by atoms with Crippen LogP contribution in [0, 0.1) is 5.92 Å². The van der Waals surface area contributed by atoms with Gasteiger partial charge in [0.1, 0.15) is 0 Å². The molecule has 2 aliphatic rings. The van der Waals surface area contributed by atoms with Crippen molar-refractivity contribution in [3.63, 3.8) is 0 Å². The van der Waals surface area contributed by atoms with Gasteiger partial charge < -0.3 is 15.0 Å². The maximum Gasteiger partial charge on any atom is 0.318 e. The van der Waals surface area contributed by atoms with Crippen LogP contribution in [0.4, 0.5) is 4.79 Å². The lowest BCUT2D eigenvalue weighted by Crippen LogP contribution is -2.53. The number of rotatable bonds is 4. The Hall–Kier alpha value is -1.55. The van der Waals surface area contributed by atoms with Crippen LogP contribution in [0.3, 0.4) is 0 Å². The van der Waals surface area contributed by atoms with E-state index in [1.54, 1.807) is 0 Å². The van der Waals surface area contributed by atoms with Crippen molar-refractivity contribution in [2.45, 2.75) is 57.8 Å². The molecular weight excluding hydrogens is 288 g/mol. The van der Waals surface area contributed by atoms with E-state index in [1.807, 2.05) is 17.9 Å². The molecule has 2 amide bonds. The van der Waals surface area contributed by atoms with Crippen LogP contribution in [0.5, 0.6) is 0 Å². The molecule has 1 saturated carbocycles. The van der Waals surface area contributed by atoms with Crippen molar-refractivity contribution < 1.29 is 9.53 Å². The van der Waals surface area contributed by atoms with E-state index in [0.717, 1.165) is 6.42 Å². The minimum Gasteiger partial charge on any atom is -0.372 e. The van der Waals surface area contributed by atoms with Crippen molar-refractivity contribution in [2.75, 3.05) is 13.1 Å². The fraction of sp³-hybridized carbons (Fsp3) is 0.632. The third-order valence-electron chi connectivity index (χ3n) is 5.13. The average Bonchev–Trinajstić information content (AvgIpc) is 2.52. The van der Waals surface area contributed by atoms with Gasteiger partial charge in [-0.1, -0.05) is 43.7 Å². The number of amides is 2. The van der Waals surface area contributed by atoms with Crippen molar-refractivity contribution in [1.82, 2.24) is 10.2 Å². The van der Waals surface area contributed by atoms with E-state index in [1.165, 1.54) is 24.8 Å². The summed E-state index contributed by atoms with van der Waals surface area (Å²) in [5, 5.41) is 3.30. The minimum absolute atomic E-state index is 0.0550. The number of nitrogens with one attached hydrogen (secondary N) is 1. The third-order valence-corrected chi connectivity index (χ3v) is 5.13. The Morgan fingerprint density at radius 3 is 2.65 bits per heavy atom. The highest BCUT2D eigenvalue weighted by atomic mass is 16.5. The number of morpholine rings is 1. The molecule has 1 heterocycles. The molecule has 1 N–H and O–H groups in total. The predicted octanol–water partition coefficient (Wildman–Crippen LogP) is 3.74. The lowest BCUT2D eigenvalue weighted by atomic mass is 9.77. The van der Waals surface area contributed by atoms with Gasteiger partial charge in [-0.3, -0.25) is 0 Å². The average molecular weight is 316 g/mol. The van der Waals surface area contributed by atoms with Gasteiger partial charge in [-0.15, -0.1) is 0 Å². The van der Waals surface area contributed by atoms with Crippen LogP contribution in [-0.2, 0) is 4.74 Å². The van der Waals surface area contributed by atoms with E-state index in [9.17, 15) is 4.79 Å². The molecule has 23 heavy (non-hydrogen) atoms. The molecule has 126 valence electrons. The summed E-state index contributed by atoms with van der Waals surface area (Å²) in [6.07, 6.45) is 4.89. The molecule has 0 unspecified atom stereocenters. The van der Waals surface area contributed by atoms with Crippen LogP contribution in [0.2, 0.25) is 0 Å². The summed E-state index contributed by atoms with van der Waals surface area (Å²) in [5.74, 6) is 0.571. The summed E-state index contributed by atoms with van der Waals surface area (Å²) in [7, 11) is 0. The number of hydrogen-bond donors (Lipinski definition) is 1. The zero-order valence-electron chi connectivity index (χ0n) is 14.2. The summed E-state index contributed by atoms with van der Waals surface area (Å²) in [6, 6.07) is 10.6. The molecule has 0 spiro atoms.